The summed E-state index contributed by atoms with van der Waals surface area (Å²) in [5.41, 5.74) is 0.953. The SMILES string of the molecule is O=C(O)Cc1nnc(CCc2ccc(F)cc2)o1. The maximum absolute atomic E-state index is 12.7. The van der Waals surface area contributed by atoms with Gasteiger partial charge in [0, 0.05) is 6.42 Å². The molecule has 0 saturated heterocycles. The number of hydrogen-bond donors (Lipinski definition) is 1. The Bertz CT molecular complexity index is 537. The summed E-state index contributed by atoms with van der Waals surface area (Å²) >= 11 is 0. The zero-order chi connectivity index (χ0) is 13.0. The van der Waals surface area contributed by atoms with Crippen LogP contribution in [0.1, 0.15) is 17.3 Å². The van der Waals surface area contributed by atoms with E-state index in [0.717, 1.165) is 5.56 Å². The van der Waals surface area contributed by atoms with Crippen molar-refractivity contribution in [2.75, 3.05) is 0 Å². The van der Waals surface area contributed by atoms with Gasteiger partial charge in [-0.3, -0.25) is 4.79 Å². The number of carbonyl (C=O) groups is 1. The van der Waals surface area contributed by atoms with E-state index in [1.54, 1.807) is 12.1 Å². The highest BCUT2D eigenvalue weighted by Crippen LogP contribution is 2.08. The van der Waals surface area contributed by atoms with E-state index in [9.17, 15) is 9.18 Å². The second-order valence-corrected chi connectivity index (χ2v) is 3.79. The zero-order valence-electron chi connectivity index (χ0n) is 9.47. The number of aryl methyl sites for hydroxylation is 2. The van der Waals surface area contributed by atoms with Gasteiger partial charge >= 0.3 is 5.97 Å². The van der Waals surface area contributed by atoms with Crippen LogP contribution in [0.25, 0.3) is 0 Å². The summed E-state index contributed by atoms with van der Waals surface area (Å²) in [6, 6.07) is 6.14. The summed E-state index contributed by atoms with van der Waals surface area (Å²) in [6.45, 7) is 0. The molecule has 1 N–H and O–H groups in total. The first-order valence-corrected chi connectivity index (χ1v) is 5.41. The molecule has 94 valence electrons. The molecule has 0 amide bonds. The van der Waals surface area contributed by atoms with E-state index in [-0.39, 0.29) is 18.1 Å². The summed E-state index contributed by atoms with van der Waals surface area (Å²) in [6.07, 6.45) is 0.858. The number of aliphatic carboxylic acids is 1. The fourth-order valence-electron chi connectivity index (χ4n) is 1.49. The van der Waals surface area contributed by atoms with Crippen LogP contribution in [0.3, 0.4) is 0 Å². The molecule has 5 nitrogen and oxygen atoms in total. The van der Waals surface area contributed by atoms with Gasteiger partial charge < -0.3 is 9.52 Å². The number of halogens is 1. The molecule has 0 aliphatic heterocycles. The van der Waals surface area contributed by atoms with Crippen LogP contribution in [-0.2, 0) is 24.1 Å². The van der Waals surface area contributed by atoms with Crippen molar-refractivity contribution in [1.82, 2.24) is 10.2 Å². The van der Waals surface area contributed by atoms with Crippen molar-refractivity contribution < 1.29 is 18.7 Å². The Labute approximate surface area is 102 Å². The Balaban J connectivity index is 1.92. The highest BCUT2D eigenvalue weighted by Gasteiger charge is 2.09. The number of aromatic nitrogens is 2. The minimum atomic E-state index is -1.01. The maximum Gasteiger partial charge on any atom is 0.312 e. The molecule has 18 heavy (non-hydrogen) atoms. The van der Waals surface area contributed by atoms with Gasteiger partial charge in [-0.05, 0) is 24.1 Å². The van der Waals surface area contributed by atoms with Crippen LogP contribution in [0.4, 0.5) is 4.39 Å². The second kappa shape index (κ2) is 5.39. The van der Waals surface area contributed by atoms with Crippen molar-refractivity contribution in [3.63, 3.8) is 0 Å². The molecule has 1 aromatic carbocycles. The van der Waals surface area contributed by atoms with Gasteiger partial charge in [-0.25, -0.2) is 4.39 Å². The first kappa shape index (κ1) is 12.2. The number of carboxylic acid groups (broad SMARTS) is 1. The lowest BCUT2D eigenvalue weighted by Crippen LogP contribution is -1.99. The summed E-state index contributed by atoms with van der Waals surface area (Å²) < 4.78 is 17.8. The average molecular weight is 250 g/mol. The van der Waals surface area contributed by atoms with E-state index >= 15 is 0 Å². The molecule has 0 bridgehead atoms. The van der Waals surface area contributed by atoms with Crippen LogP contribution in [0.2, 0.25) is 0 Å². The summed E-state index contributed by atoms with van der Waals surface area (Å²) in [7, 11) is 0. The van der Waals surface area contributed by atoms with Crippen molar-refractivity contribution in [1.29, 1.82) is 0 Å². The number of benzene rings is 1. The van der Waals surface area contributed by atoms with Gasteiger partial charge in [0.1, 0.15) is 12.2 Å². The third-order valence-corrected chi connectivity index (χ3v) is 2.35. The lowest BCUT2D eigenvalue weighted by atomic mass is 10.1. The Morgan fingerprint density at radius 3 is 2.50 bits per heavy atom. The molecule has 0 saturated carbocycles. The fourth-order valence-corrected chi connectivity index (χ4v) is 1.49. The summed E-state index contributed by atoms with van der Waals surface area (Å²) in [5, 5.41) is 15.9. The molecule has 0 spiro atoms. The molecule has 2 rings (SSSR count). The van der Waals surface area contributed by atoms with Gasteiger partial charge in [-0.2, -0.15) is 0 Å². The third kappa shape index (κ3) is 3.38. The minimum Gasteiger partial charge on any atom is -0.481 e. The first-order chi connectivity index (χ1) is 8.63. The Morgan fingerprint density at radius 1 is 1.17 bits per heavy atom. The van der Waals surface area contributed by atoms with Crippen LogP contribution < -0.4 is 0 Å². The van der Waals surface area contributed by atoms with Gasteiger partial charge in [0.05, 0.1) is 0 Å². The van der Waals surface area contributed by atoms with Gasteiger partial charge in [-0.15, -0.1) is 10.2 Å². The Kier molecular flexibility index (Phi) is 3.66. The first-order valence-electron chi connectivity index (χ1n) is 5.41. The Hall–Kier alpha value is -2.24. The lowest BCUT2D eigenvalue weighted by Gasteiger charge is -1.97. The van der Waals surface area contributed by atoms with Crippen LogP contribution in [0.5, 0.6) is 0 Å². The molecule has 0 atom stereocenters. The van der Waals surface area contributed by atoms with E-state index < -0.39 is 5.97 Å². The molecule has 2 aromatic rings. The van der Waals surface area contributed by atoms with Gasteiger partial charge in [0.25, 0.3) is 0 Å². The van der Waals surface area contributed by atoms with E-state index in [1.165, 1.54) is 12.1 Å². The quantitative estimate of drug-likeness (QED) is 0.872. The molecule has 6 heteroatoms. The van der Waals surface area contributed by atoms with Crippen LogP contribution in [0, 0.1) is 5.82 Å². The topological polar surface area (TPSA) is 76.2 Å². The predicted octanol–water partition coefficient (Wildman–Crippen LogP) is 1.62. The van der Waals surface area contributed by atoms with Gasteiger partial charge in [0.15, 0.2) is 0 Å². The predicted molar refractivity (Wildman–Crippen MR) is 59.4 cm³/mol. The normalized spacial score (nSPS) is 10.5. The lowest BCUT2D eigenvalue weighted by molar-refractivity contribution is -0.136. The number of carboxylic acids is 1. The van der Waals surface area contributed by atoms with Crippen LogP contribution in [0.15, 0.2) is 28.7 Å². The molecule has 0 fully saturated rings. The van der Waals surface area contributed by atoms with Crippen molar-refractivity contribution in [3.05, 3.63) is 47.4 Å². The zero-order valence-corrected chi connectivity index (χ0v) is 9.47. The average Bonchev–Trinajstić information content (AvgIpc) is 2.75. The summed E-state index contributed by atoms with van der Waals surface area (Å²) in [4.78, 5) is 10.4. The number of hydrogen-bond acceptors (Lipinski definition) is 4. The van der Waals surface area contributed by atoms with E-state index in [4.69, 9.17) is 9.52 Å². The molecule has 1 aromatic heterocycles. The van der Waals surface area contributed by atoms with Gasteiger partial charge in [0.2, 0.25) is 11.8 Å². The minimum absolute atomic E-state index is 0.0941. The molecular formula is C12H11FN2O3. The highest BCUT2D eigenvalue weighted by molar-refractivity contribution is 5.68. The van der Waals surface area contributed by atoms with E-state index in [1.807, 2.05) is 0 Å². The molecule has 1 heterocycles. The molecule has 0 aliphatic rings. The number of rotatable bonds is 5. The molecule has 0 aliphatic carbocycles. The van der Waals surface area contributed by atoms with Crippen molar-refractivity contribution in [2.45, 2.75) is 19.3 Å². The van der Waals surface area contributed by atoms with Crippen molar-refractivity contribution in [2.24, 2.45) is 0 Å². The fraction of sp³-hybridized carbons (Fsp3) is 0.250. The monoisotopic (exact) mass is 250 g/mol. The third-order valence-electron chi connectivity index (χ3n) is 2.35. The van der Waals surface area contributed by atoms with E-state index in [0.29, 0.717) is 18.7 Å². The molecule has 0 unspecified atom stereocenters. The standard InChI is InChI=1S/C12H11FN2O3/c13-9-4-1-8(2-5-9)3-6-10-14-15-11(18-10)7-12(16)17/h1-2,4-5H,3,6-7H2,(H,16,17). The highest BCUT2D eigenvalue weighted by atomic mass is 19.1. The second-order valence-electron chi connectivity index (χ2n) is 3.79. The largest absolute Gasteiger partial charge is 0.481 e. The maximum atomic E-state index is 12.7. The van der Waals surface area contributed by atoms with Gasteiger partial charge in [-0.1, -0.05) is 12.1 Å². The van der Waals surface area contributed by atoms with Crippen molar-refractivity contribution >= 4 is 5.97 Å². The molecular weight excluding hydrogens is 239 g/mol. The van der Waals surface area contributed by atoms with E-state index in [2.05, 4.69) is 10.2 Å². The molecule has 0 radical (unpaired) electrons. The summed E-state index contributed by atoms with van der Waals surface area (Å²) in [5.74, 6) is -0.809. The number of nitrogens with zero attached hydrogens (tertiary/aromatic N) is 2. The smallest absolute Gasteiger partial charge is 0.312 e. The van der Waals surface area contributed by atoms with Crippen LogP contribution >= 0.6 is 0 Å². The van der Waals surface area contributed by atoms with Crippen LogP contribution in [-0.4, -0.2) is 21.3 Å². The van der Waals surface area contributed by atoms with Crippen molar-refractivity contribution in [3.8, 4) is 0 Å². The Morgan fingerprint density at radius 2 is 1.83 bits per heavy atom.